The van der Waals surface area contributed by atoms with Gasteiger partial charge in [-0.15, -0.1) is 0 Å². The summed E-state index contributed by atoms with van der Waals surface area (Å²) in [7, 11) is 0. The van der Waals surface area contributed by atoms with Gasteiger partial charge in [-0.05, 0) is 30.3 Å². The molecule has 0 unspecified atom stereocenters. The summed E-state index contributed by atoms with van der Waals surface area (Å²) < 4.78 is 0.278. The molecule has 1 saturated heterocycles. The molecule has 0 atom stereocenters. The number of imide groups is 1. The summed E-state index contributed by atoms with van der Waals surface area (Å²) in [4.78, 5) is 40.5. The van der Waals surface area contributed by atoms with Crippen LogP contribution in [0.1, 0.15) is 12.5 Å². The molecule has 1 fully saturated rings. The first-order valence-corrected chi connectivity index (χ1v) is 9.16. The van der Waals surface area contributed by atoms with Gasteiger partial charge in [0, 0.05) is 12.5 Å². The summed E-state index contributed by atoms with van der Waals surface area (Å²) in [6, 6.07) is 12.9. The quantitative estimate of drug-likeness (QED) is 0.590. The summed E-state index contributed by atoms with van der Waals surface area (Å²) >= 11 is 6.37. The number of anilines is 2. The summed E-state index contributed by atoms with van der Waals surface area (Å²) in [5, 5.41) is 9.45. The lowest BCUT2D eigenvalue weighted by Crippen LogP contribution is -2.32. The van der Waals surface area contributed by atoms with Crippen LogP contribution in [0.15, 0.2) is 53.4 Å². The smallest absolute Gasteiger partial charge is 0.271 e. The Bertz CT molecular complexity index is 1060. The van der Waals surface area contributed by atoms with Gasteiger partial charge in [-0.25, -0.2) is 4.90 Å². The first kappa shape index (κ1) is 17.4. The summed E-state index contributed by atoms with van der Waals surface area (Å²) in [6.07, 6.45) is 0. The van der Waals surface area contributed by atoms with E-state index in [0.29, 0.717) is 16.9 Å². The Hall–Kier alpha value is -2.97. The Balaban J connectivity index is 1.85. The van der Waals surface area contributed by atoms with Gasteiger partial charge in [0.05, 0.1) is 21.9 Å². The minimum atomic E-state index is -0.532. The summed E-state index contributed by atoms with van der Waals surface area (Å²) in [5.74, 6) is -1.31. The van der Waals surface area contributed by atoms with E-state index in [9.17, 15) is 19.5 Å². The highest BCUT2D eigenvalue weighted by Gasteiger charge is 2.43. The number of fused-ring (bicyclic) bond motifs is 1. The van der Waals surface area contributed by atoms with Gasteiger partial charge in [-0.2, -0.15) is 0 Å². The van der Waals surface area contributed by atoms with E-state index in [-0.39, 0.29) is 20.5 Å². The highest BCUT2D eigenvalue weighted by Crippen LogP contribution is 2.45. The molecule has 0 spiro atoms. The van der Waals surface area contributed by atoms with Crippen molar-refractivity contribution in [3.63, 3.8) is 0 Å². The zero-order chi connectivity index (χ0) is 19.3. The van der Waals surface area contributed by atoms with Gasteiger partial charge in [0.25, 0.3) is 11.8 Å². The Kier molecular flexibility index (Phi) is 4.09. The lowest BCUT2D eigenvalue weighted by molar-refractivity contribution is -0.122. The largest absolute Gasteiger partial charge is 0.508 e. The van der Waals surface area contributed by atoms with Crippen LogP contribution in [-0.4, -0.2) is 27.1 Å². The van der Waals surface area contributed by atoms with Crippen molar-refractivity contribution in [3.05, 3.63) is 59.0 Å². The SMILES string of the molecule is CC(=O)N1C(=O)C(=C2SC(=S)N(c3ccc(O)cc3)C2=O)c2ccccc21. The van der Waals surface area contributed by atoms with Gasteiger partial charge >= 0.3 is 0 Å². The van der Waals surface area contributed by atoms with Gasteiger partial charge in [0.1, 0.15) is 5.75 Å². The third-order valence-electron chi connectivity index (χ3n) is 4.25. The number of phenols is 1. The van der Waals surface area contributed by atoms with Crippen LogP contribution in [-0.2, 0) is 14.4 Å². The molecule has 0 aromatic heterocycles. The van der Waals surface area contributed by atoms with Crippen molar-refractivity contribution in [2.24, 2.45) is 0 Å². The maximum Gasteiger partial charge on any atom is 0.271 e. The first-order chi connectivity index (χ1) is 12.9. The standard InChI is InChI=1S/C19H12N2O4S2/c1-10(22)20-14-5-3-2-4-13(14)15(17(20)24)16-18(25)21(19(26)27-16)11-6-8-12(23)9-7-11/h2-9,23H,1H3. The normalized spacial score (nSPS) is 19.1. The van der Waals surface area contributed by atoms with E-state index in [1.54, 1.807) is 36.4 Å². The monoisotopic (exact) mass is 396 g/mol. The second kappa shape index (κ2) is 6.33. The van der Waals surface area contributed by atoms with E-state index in [1.165, 1.54) is 24.0 Å². The van der Waals surface area contributed by atoms with Crippen LogP contribution in [0.3, 0.4) is 0 Å². The highest BCUT2D eigenvalue weighted by molar-refractivity contribution is 8.27. The number of hydrogen-bond donors (Lipinski definition) is 1. The third kappa shape index (κ3) is 2.65. The maximum atomic E-state index is 13.1. The van der Waals surface area contributed by atoms with Crippen molar-refractivity contribution >= 4 is 63.0 Å². The van der Waals surface area contributed by atoms with Gasteiger partial charge in [0.2, 0.25) is 5.91 Å². The minimum Gasteiger partial charge on any atom is -0.508 e. The van der Waals surface area contributed by atoms with Crippen molar-refractivity contribution in [3.8, 4) is 5.75 Å². The average Bonchev–Trinajstić information content (AvgIpc) is 3.08. The number of amides is 3. The van der Waals surface area contributed by atoms with E-state index in [2.05, 4.69) is 0 Å². The molecule has 6 nitrogen and oxygen atoms in total. The van der Waals surface area contributed by atoms with Crippen molar-refractivity contribution < 1.29 is 19.5 Å². The molecule has 1 N–H and O–H groups in total. The van der Waals surface area contributed by atoms with E-state index in [0.717, 1.165) is 16.7 Å². The first-order valence-electron chi connectivity index (χ1n) is 7.94. The number of carbonyl (C=O) groups is 3. The molecule has 134 valence electrons. The van der Waals surface area contributed by atoms with Gasteiger partial charge < -0.3 is 5.11 Å². The second-order valence-electron chi connectivity index (χ2n) is 5.91. The fraction of sp³-hybridized carbons (Fsp3) is 0.0526. The molecule has 2 aliphatic rings. The number of para-hydroxylation sites is 1. The Morgan fingerprint density at radius 2 is 1.70 bits per heavy atom. The molecule has 0 saturated carbocycles. The number of aromatic hydroxyl groups is 1. The Labute approximate surface area is 164 Å². The third-order valence-corrected chi connectivity index (χ3v) is 5.62. The van der Waals surface area contributed by atoms with Crippen LogP contribution in [0.2, 0.25) is 0 Å². The molecule has 2 aliphatic heterocycles. The molecule has 2 aromatic rings. The molecule has 3 amide bonds. The molecule has 2 heterocycles. The molecule has 8 heteroatoms. The molecule has 0 aliphatic carbocycles. The molecule has 2 aromatic carbocycles. The van der Waals surface area contributed by atoms with E-state index in [4.69, 9.17) is 12.2 Å². The second-order valence-corrected chi connectivity index (χ2v) is 7.55. The number of thiocarbonyl (C=S) groups is 1. The number of nitrogens with zero attached hydrogens (tertiary/aromatic N) is 2. The topological polar surface area (TPSA) is 77.9 Å². The number of carbonyl (C=O) groups excluding carboxylic acids is 3. The van der Waals surface area contributed by atoms with Gasteiger partial charge in [-0.3, -0.25) is 19.3 Å². The van der Waals surface area contributed by atoms with E-state index in [1.807, 2.05) is 0 Å². The van der Waals surface area contributed by atoms with Crippen LogP contribution in [0.5, 0.6) is 5.75 Å². The fourth-order valence-corrected chi connectivity index (χ4v) is 4.46. The summed E-state index contributed by atoms with van der Waals surface area (Å²) in [6.45, 7) is 1.30. The summed E-state index contributed by atoms with van der Waals surface area (Å²) in [5.41, 5.74) is 1.66. The van der Waals surface area contributed by atoms with Crippen LogP contribution >= 0.6 is 24.0 Å². The minimum absolute atomic E-state index is 0.0690. The zero-order valence-corrected chi connectivity index (χ0v) is 15.6. The average molecular weight is 396 g/mol. The highest BCUT2D eigenvalue weighted by atomic mass is 32.2. The number of hydrogen-bond acceptors (Lipinski definition) is 6. The van der Waals surface area contributed by atoms with Crippen molar-refractivity contribution in [1.82, 2.24) is 0 Å². The van der Waals surface area contributed by atoms with Crippen molar-refractivity contribution in [2.75, 3.05) is 9.80 Å². The molecular formula is C19H12N2O4S2. The van der Waals surface area contributed by atoms with Crippen molar-refractivity contribution in [1.29, 1.82) is 0 Å². The van der Waals surface area contributed by atoms with E-state index < -0.39 is 17.7 Å². The predicted molar refractivity (Wildman–Crippen MR) is 107 cm³/mol. The number of phenolic OH excluding ortho intramolecular Hbond substituents is 1. The van der Waals surface area contributed by atoms with Crippen LogP contribution in [0.4, 0.5) is 11.4 Å². The Morgan fingerprint density at radius 3 is 2.37 bits per heavy atom. The van der Waals surface area contributed by atoms with E-state index >= 15 is 0 Å². The van der Waals surface area contributed by atoms with Crippen molar-refractivity contribution in [2.45, 2.75) is 6.92 Å². The Morgan fingerprint density at radius 1 is 1.04 bits per heavy atom. The molecule has 0 radical (unpaired) electrons. The predicted octanol–water partition coefficient (Wildman–Crippen LogP) is 3.06. The molecule has 27 heavy (non-hydrogen) atoms. The van der Waals surface area contributed by atoms with Crippen LogP contribution < -0.4 is 9.80 Å². The molecule has 0 bridgehead atoms. The van der Waals surface area contributed by atoms with Gasteiger partial charge in [0.15, 0.2) is 4.32 Å². The number of benzene rings is 2. The number of rotatable bonds is 1. The van der Waals surface area contributed by atoms with Gasteiger partial charge in [-0.1, -0.05) is 42.2 Å². The number of thioether (sulfide) groups is 1. The molecular weight excluding hydrogens is 384 g/mol. The maximum absolute atomic E-state index is 13.1. The zero-order valence-electron chi connectivity index (χ0n) is 14.0. The lowest BCUT2D eigenvalue weighted by Gasteiger charge is -2.14. The lowest BCUT2D eigenvalue weighted by atomic mass is 10.1. The molecule has 4 rings (SSSR count). The van der Waals surface area contributed by atoms with Crippen LogP contribution in [0, 0.1) is 0 Å². The fourth-order valence-electron chi connectivity index (χ4n) is 3.09. The van der Waals surface area contributed by atoms with Crippen LogP contribution in [0.25, 0.3) is 5.57 Å².